The molecule has 2 nitrogen and oxygen atoms in total. The van der Waals surface area contributed by atoms with Gasteiger partial charge in [-0.25, -0.2) is 4.58 Å². The number of allylic oxidation sites excluding steroid dienone is 6. The van der Waals surface area contributed by atoms with Crippen molar-refractivity contribution in [1.29, 1.82) is 0 Å². The molecule has 0 fully saturated rings. The number of halogens is 1. The fourth-order valence-electron chi connectivity index (χ4n) is 4.40. The van der Waals surface area contributed by atoms with Gasteiger partial charge in [0.05, 0.1) is 11.8 Å². The van der Waals surface area contributed by atoms with E-state index in [1.165, 1.54) is 16.8 Å². The molecule has 0 aromatic heterocycles. The summed E-state index contributed by atoms with van der Waals surface area (Å²) in [6.45, 7) is 0.965. The fourth-order valence-corrected chi connectivity index (χ4v) is 4.40. The van der Waals surface area contributed by atoms with Crippen LogP contribution in [0, 0.1) is 17.8 Å². The van der Waals surface area contributed by atoms with Crippen molar-refractivity contribution in [3.05, 3.63) is 83.6 Å². The number of nitrogens with zero attached hydrogens (tertiary/aromatic N) is 2. The molecule has 2 aliphatic carbocycles. The van der Waals surface area contributed by atoms with Gasteiger partial charge in [-0.05, 0) is 17.7 Å². The lowest BCUT2D eigenvalue weighted by Gasteiger charge is -2.41. The molecule has 5 rings (SSSR count). The Labute approximate surface area is 153 Å². The van der Waals surface area contributed by atoms with Crippen molar-refractivity contribution in [2.24, 2.45) is 22.7 Å². The summed E-state index contributed by atoms with van der Waals surface area (Å²) in [4.78, 5) is 4.71. The summed E-state index contributed by atoms with van der Waals surface area (Å²) in [5, 5.41) is 0. The third-order valence-corrected chi connectivity index (χ3v) is 5.41. The molecule has 0 amide bonds. The van der Waals surface area contributed by atoms with Gasteiger partial charge < -0.3 is 17.0 Å². The Kier molecular flexibility index (Phi) is 3.97. The van der Waals surface area contributed by atoms with Crippen molar-refractivity contribution in [2.75, 3.05) is 0 Å². The van der Waals surface area contributed by atoms with Crippen molar-refractivity contribution in [2.45, 2.75) is 12.6 Å². The Balaban J connectivity index is 0.00000146. The summed E-state index contributed by atoms with van der Waals surface area (Å²) in [6, 6.07) is 11.2. The van der Waals surface area contributed by atoms with E-state index in [-0.39, 0.29) is 17.0 Å². The van der Waals surface area contributed by atoms with Gasteiger partial charge in [0, 0.05) is 23.4 Å². The zero-order valence-corrected chi connectivity index (χ0v) is 14.9. The van der Waals surface area contributed by atoms with Gasteiger partial charge >= 0.3 is 0 Å². The Hall–Kier alpha value is -2.00. The van der Waals surface area contributed by atoms with E-state index >= 15 is 0 Å². The second kappa shape index (κ2) is 6.14. The molecule has 0 N–H and O–H groups in total. The normalized spacial score (nSPS) is 31.4. The molecule has 24 heavy (non-hydrogen) atoms. The average molecular weight is 379 g/mol. The maximum absolute atomic E-state index is 4.71. The minimum absolute atomic E-state index is 0. The Morgan fingerprint density at radius 3 is 2.67 bits per heavy atom. The Morgan fingerprint density at radius 1 is 0.958 bits per heavy atom. The van der Waals surface area contributed by atoms with Crippen molar-refractivity contribution in [1.82, 2.24) is 0 Å². The third-order valence-electron chi connectivity index (χ3n) is 5.41. The van der Waals surface area contributed by atoms with Gasteiger partial charge in [0.1, 0.15) is 6.21 Å². The van der Waals surface area contributed by atoms with Gasteiger partial charge in [-0.2, -0.15) is 0 Å². The maximum Gasteiger partial charge on any atom is 0.179 e. The first-order chi connectivity index (χ1) is 11.4. The topological polar surface area (TPSA) is 15.4 Å². The first-order valence-corrected chi connectivity index (χ1v) is 8.36. The lowest BCUT2D eigenvalue weighted by Crippen LogP contribution is -3.00. The van der Waals surface area contributed by atoms with Crippen LogP contribution in [0.15, 0.2) is 83.1 Å². The SMILES string of the molecule is C1=CC2C=[N+](Cc3ccccc3)C3C=CC=C4C=NC(=C1)C2C43.[Br-]. The fraction of sp³-hybridized carbons (Fsp3) is 0.238. The summed E-state index contributed by atoms with van der Waals surface area (Å²) in [5.74, 6) is 1.47. The van der Waals surface area contributed by atoms with Crippen LogP contribution in [0.25, 0.3) is 0 Å². The molecule has 1 aromatic rings. The Morgan fingerprint density at radius 2 is 1.79 bits per heavy atom. The lowest BCUT2D eigenvalue weighted by atomic mass is 9.66. The molecule has 2 aliphatic heterocycles. The van der Waals surface area contributed by atoms with Gasteiger partial charge in [-0.1, -0.05) is 54.6 Å². The van der Waals surface area contributed by atoms with Crippen LogP contribution < -0.4 is 17.0 Å². The lowest BCUT2D eigenvalue weighted by molar-refractivity contribution is -0.580. The Bertz CT molecular complexity index is 827. The molecule has 2 heterocycles. The van der Waals surface area contributed by atoms with Gasteiger partial charge in [0.2, 0.25) is 0 Å². The molecule has 4 unspecified atom stereocenters. The molecule has 0 saturated carbocycles. The summed E-state index contributed by atoms with van der Waals surface area (Å²) in [5.41, 5.74) is 3.99. The van der Waals surface area contributed by atoms with E-state index < -0.39 is 0 Å². The predicted molar refractivity (Wildman–Crippen MR) is 93.7 cm³/mol. The van der Waals surface area contributed by atoms with Crippen molar-refractivity contribution < 1.29 is 21.6 Å². The third kappa shape index (κ3) is 2.39. The van der Waals surface area contributed by atoms with Gasteiger partial charge in [0.25, 0.3) is 0 Å². The van der Waals surface area contributed by atoms with Crippen LogP contribution in [0.4, 0.5) is 0 Å². The highest BCUT2D eigenvalue weighted by Crippen LogP contribution is 2.45. The van der Waals surface area contributed by atoms with E-state index in [0.29, 0.717) is 23.8 Å². The highest BCUT2D eigenvalue weighted by atomic mass is 79.9. The smallest absolute Gasteiger partial charge is 0.179 e. The van der Waals surface area contributed by atoms with Crippen LogP contribution >= 0.6 is 0 Å². The zero-order chi connectivity index (χ0) is 15.2. The van der Waals surface area contributed by atoms with E-state index in [4.69, 9.17) is 4.99 Å². The summed E-state index contributed by atoms with van der Waals surface area (Å²) >= 11 is 0. The van der Waals surface area contributed by atoms with Gasteiger partial charge in [-0.15, -0.1) is 0 Å². The molecule has 0 bridgehead atoms. The molecule has 1 aromatic carbocycles. The molecular formula is C21H19BrN2. The molecule has 4 aliphatic rings. The van der Waals surface area contributed by atoms with E-state index in [0.717, 1.165) is 6.54 Å². The molecule has 0 spiro atoms. The summed E-state index contributed by atoms with van der Waals surface area (Å²) < 4.78 is 2.52. The largest absolute Gasteiger partial charge is 1.00 e. The quantitative estimate of drug-likeness (QED) is 0.667. The summed E-state index contributed by atoms with van der Waals surface area (Å²) in [7, 11) is 0. The molecule has 0 saturated heterocycles. The first-order valence-electron chi connectivity index (χ1n) is 8.36. The molecule has 4 atom stereocenters. The van der Waals surface area contributed by atoms with Gasteiger partial charge in [-0.3, -0.25) is 4.99 Å². The monoisotopic (exact) mass is 378 g/mol. The highest BCUT2D eigenvalue weighted by molar-refractivity contribution is 5.84. The van der Waals surface area contributed by atoms with E-state index in [2.05, 4.69) is 83.8 Å². The molecule has 120 valence electrons. The highest BCUT2D eigenvalue weighted by Gasteiger charge is 2.49. The second-order valence-electron chi connectivity index (χ2n) is 6.71. The van der Waals surface area contributed by atoms with Crippen LogP contribution in [0.2, 0.25) is 0 Å². The van der Waals surface area contributed by atoms with Crippen molar-refractivity contribution in [3.63, 3.8) is 0 Å². The average Bonchev–Trinajstić information content (AvgIpc) is 2.61. The minimum atomic E-state index is 0. The minimum Gasteiger partial charge on any atom is -1.00 e. The predicted octanol–water partition coefficient (Wildman–Crippen LogP) is 0.539. The maximum atomic E-state index is 4.71. The number of hydrogen-bond acceptors (Lipinski definition) is 1. The van der Waals surface area contributed by atoms with E-state index in [9.17, 15) is 0 Å². The van der Waals surface area contributed by atoms with Crippen molar-refractivity contribution in [3.8, 4) is 0 Å². The zero-order valence-electron chi connectivity index (χ0n) is 13.3. The molecule has 0 radical (unpaired) electrons. The number of benzene rings is 1. The van der Waals surface area contributed by atoms with Crippen molar-refractivity contribution >= 4 is 12.4 Å². The van der Waals surface area contributed by atoms with Crippen LogP contribution in [0.1, 0.15) is 5.56 Å². The van der Waals surface area contributed by atoms with E-state index in [1.54, 1.807) is 0 Å². The molecule has 3 heteroatoms. The van der Waals surface area contributed by atoms with Crippen LogP contribution in [-0.2, 0) is 6.54 Å². The first kappa shape index (κ1) is 15.5. The van der Waals surface area contributed by atoms with Crippen LogP contribution in [0.5, 0.6) is 0 Å². The van der Waals surface area contributed by atoms with E-state index in [1.807, 2.05) is 0 Å². The van der Waals surface area contributed by atoms with Crippen LogP contribution in [0.3, 0.4) is 0 Å². The number of hydrogen-bond donors (Lipinski definition) is 0. The molecular weight excluding hydrogens is 360 g/mol. The van der Waals surface area contributed by atoms with Gasteiger partial charge in [0.15, 0.2) is 12.6 Å². The standard InChI is InChI=1S/C21H19N2.BrH/c1-2-6-15(7-3-1)13-23-14-17-9-4-10-18-20(17)21-16(12-22-18)8-5-11-19(21)23;/h1-12,14,17,19-21H,13H2;1H/q+1;/p-1. The van der Waals surface area contributed by atoms with Crippen LogP contribution in [-0.4, -0.2) is 23.0 Å². The number of aliphatic imine (C=N–C) groups is 1. The second-order valence-corrected chi connectivity index (χ2v) is 6.71. The summed E-state index contributed by atoms with van der Waals surface area (Å²) in [6.07, 6.45) is 18.0. The number of rotatable bonds is 2.